The van der Waals surface area contributed by atoms with Crippen molar-refractivity contribution in [3.8, 4) is 5.75 Å². The van der Waals surface area contributed by atoms with E-state index in [0.29, 0.717) is 6.61 Å². The number of allylic oxidation sites excluding steroid dienone is 2. The highest BCUT2D eigenvalue weighted by molar-refractivity contribution is 6.74. The summed E-state index contributed by atoms with van der Waals surface area (Å²) in [6.07, 6.45) is 5.41. The third kappa shape index (κ3) is 8.55. The predicted molar refractivity (Wildman–Crippen MR) is 166 cm³/mol. The van der Waals surface area contributed by atoms with Crippen LogP contribution >= 0.6 is 0 Å². The standard InChI is InChI=1S/C34H45NO2Si/c1-34(2,3)38(6,7)37-26-15-14-20-32(28-16-10-8-11-17-28)33(29-18-12-9-13-19-29)30-21-23-31(24-22-30)36-27-25-35(4)5/h8-14,16-24H,15,25-27H2,1-7H3/b20-14-,33-32?. The molecule has 3 aromatic carbocycles. The molecule has 0 N–H and O–H groups in total. The van der Waals surface area contributed by atoms with E-state index in [2.05, 4.69) is 150 Å². The van der Waals surface area contributed by atoms with E-state index in [4.69, 9.17) is 9.16 Å². The number of hydrogen-bond acceptors (Lipinski definition) is 3. The molecule has 0 saturated carbocycles. The summed E-state index contributed by atoms with van der Waals surface area (Å²) in [6.45, 7) is 13.8. The molecule has 0 spiro atoms. The summed E-state index contributed by atoms with van der Waals surface area (Å²) in [7, 11) is 2.36. The van der Waals surface area contributed by atoms with Crippen molar-refractivity contribution in [2.24, 2.45) is 0 Å². The summed E-state index contributed by atoms with van der Waals surface area (Å²) in [5.74, 6) is 0.891. The third-order valence-electron chi connectivity index (χ3n) is 7.20. The van der Waals surface area contributed by atoms with Gasteiger partial charge in [0.2, 0.25) is 0 Å². The van der Waals surface area contributed by atoms with E-state index in [-0.39, 0.29) is 5.04 Å². The van der Waals surface area contributed by atoms with Gasteiger partial charge in [-0.25, -0.2) is 0 Å². The lowest BCUT2D eigenvalue weighted by atomic mass is 9.89. The Bertz CT molecular complexity index is 1170. The minimum Gasteiger partial charge on any atom is -0.492 e. The molecule has 38 heavy (non-hydrogen) atoms. The van der Waals surface area contributed by atoms with Gasteiger partial charge in [-0.05, 0) is 78.6 Å². The monoisotopic (exact) mass is 527 g/mol. The molecule has 0 unspecified atom stereocenters. The number of ether oxygens (including phenoxy) is 1. The molecular formula is C34H45NO2Si. The number of hydrogen-bond donors (Lipinski definition) is 0. The maximum atomic E-state index is 6.43. The smallest absolute Gasteiger partial charge is 0.191 e. The molecule has 3 aromatic rings. The number of benzene rings is 3. The van der Waals surface area contributed by atoms with E-state index in [9.17, 15) is 0 Å². The topological polar surface area (TPSA) is 21.7 Å². The second kappa shape index (κ2) is 13.7. The summed E-state index contributed by atoms with van der Waals surface area (Å²) in [5.41, 5.74) is 5.95. The van der Waals surface area contributed by atoms with Crippen molar-refractivity contribution in [1.29, 1.82) is 0 Å². The van der Waals surface area contributed by atoms with Crippen LogP contribution < -0.4 is 4.74 Å². The molecule has 0 atom stereocenters. The largest absolute Gasteiger partial charge is 0.492 e. The van der Waals surface area contributed by atoms with Crippen molar-refractivity contribution in [3.05, 3.63) is 114 Å². The highest BCUT2D eigenvalue weighted by atomic mass is 28.4. The Morgan fingerprint density at radius 2 is 1.32 bits per heavy atom. The normalized spacial score (nSPS) is 13.2. The van der Waals surface area contributed by atoms with Crippen molar-refractivity contribution in [2.75, 3.05) is 33.9 Å². The van der Waals surface area contributed by atoms with Crippen molar-refractivity contribution < 1.29 is 9.16 Å². The van der Waals surface area contributed by atoms with Gasteiger partial charge in [-0.1, -0.05) is 106 Å². The van der Waals surface area contributed by atoms with Gasteiger partial charge in [-0.3, -0.25) is 0 Å². The fraction of sp³-hybridized carbons (Fsp3) is 0.353. The quantitative estimate of drug-likeness (QED) is 0.102. The van der Waals surface area contributed by atoms with E-state index in [0.717, 1.165) is 30.9 Å². The van der Waals surface area contributed by atoms with Gasteiger partial charge in [0, 0.05) is 13.2 Å². The first-order valence-corrected chi connectivity index (χ1v) is 16.5. The molecule has 0 fully saturated rings. The van der Waals surface area contributed by atoms with Crippen LogP contribution in [0.25, 0.3) is 11.1 Å². The van der Waals surface area contributed by atoms with Crippen LogP contribution in [0.5, 0.6) is 5.75 Å². The SMILES string of the molecule is CN(C)CCOc1ccc(C(=C(/C=C\CCO[Si](C)(C)C(C)(C)C)c2ccccc2)c2ccccc2)cc1. The zero-order chi connectivity index (χ0) is 27.6. The molecule has 0 heterocycles. The Labute approximate surface area is 231 Å². The summed E-state index contributed by atoms with van der Waals surface area (Å²) in [6, 6.07) is 29.8. The van der Waals surface area contributed by atoms with Crippen LogP contribution in [0.3, 0.4) is 0 Å². The number of likely N-dealkylation sites (N-methyl/N-ethyl adjacent to an activating group) is 1. The van der Waals surface area contributed by atoms with Crippen LogP contribution in [0.15, 0.2) is 97.1 Å². The summed E-state index contributed by atoms with van der Waals surface area (Å²) in [4.78, 5) is 2.13. The molecule has 0 bridgehead atoms. The Morgan fingerprint density at radius 1 is 0.763 bits per heavy atom. The highest BCUT2D eigenvalue weighted by Gasteiger charge is 2.36. The van der Waals surface area contributed by atoms with Crippen LogP contribution in [0.4, 0.5) is 0 Å². The minimum atomic E-state index is -1.76. The number of rotatable bonds is 12. The van der Waals surface area contributed by atoms with Gasteiger partial charge < -0.3 is 14.1 Å². The fourth-order valence-corrected chi connectivity index (χ4v) is 4.95. The van der Waals surface area contributed by atoms with Gasteiger partial charge >= 0.3 is 0 Å². The lowest BCUT2D eigenvalue weighted by Gasteiger charge is -2.36. The van der Waals surface area contributed by atoms with E-state index in [1.54, 1.807) is 0 Å². The Hall–Kier alpha value is -2.92. The summed E-state index contributed by atoms with van der Waals surface area (Å²) < 4.78 is 12.4. The van der Waals surface area contributed by atoms with E-state index >= 15 is 0 Å². The van der Waals surface area contributed by atoms with Crippen molar-refractivity contribution in [1.82, 2.24) is 4.90 Å². The molecule has 0 aliphatic heterocycles. The van der Waals surface area contributed by atoms with E-state index < -0.39 is 8.32 Å². The predicted octanol–water partition coefficient (Wildman–Crippen LogP) is 8.55. The fourth-order valence-electron chi connectivity index (χ4n) is 3.89. The molecule has 0 amide bonds. The molecule has 0 saturated heterocycles. The number of nitrogens with zero attached hydrogens (tertiary/aromatic N) is 1. The van der Waals surface area contributed by atoms with Gasteiger partial charge in [-0.2, -0.15) is 0 Å². The van der Waals surface area contributed by atoms with Crippen molar-refractivity contribution in [2.45, 2.75) is 45.3 Å². The van der Waals surface area contributed by atoms with Crippen molar-refractivity contribution in [3.63, 3.8) is 0 Å². The maximum Gasteiger partial charge on any atom is 0.191 e. The third-order valence-corrected chi connectivity index (χ3v) is 11.7. The molecule has 3 rings (SSSR count). The maximum absolute atomic E-state index is 6.43. The van der Waals surface area contributed by atoms with Crippen LogP contribution in [-0.2, 0) is 4.43 Å². The zero-order valence-corrected chi connectivity index (χ0v) is 25.3. The minimum absolute atomic E-state index is 0.217. The van der Waals surface area contributed by atoms with Gasteiger partial charge in [0.15, 0.2) is 8.32 Å². The van der Waals surface area contributed by atoms with E-state index in [1.165, 1.54) is 22.3 Å². The lowest BCUT2D eigenvalue weighted by molar-refractivity contribution is 0.261. The molecule has 0 aromatic heterocycles. The van der Waals surface area contributed by atoms with Crippen molar-refractivity contribution >= 4 is 19.5 Å². The van der Waals surface area contributed by atoms with Gasteiger partial charge in [0.05, 0.1) is 0 Å². The van der Waals surface area contributed by atoms with Gasteiger partial charge in [0.25, 0.3) is 0 Å². The zero-order valence-electron chi connectivity index (χ0n) is 24.3. The first-order valence-electron chi connectivity index (χ1n) is 13.6. The van der Waals surface area contributed by atoms with Crippen LogP contribution in [0.1, 0.15) is 43.9 Å². The second-order valence-electron chi connectivity index (χ2n) is 11.5. The van der Waals surface area contributed by atoms with E-state index in [1.807, 2.05) is 0 Å². The van der Waals surface area contributed by atoms with Crippen LogP contribution in [0, 0.1) is 0 Å². The Morgan fingerprint density at radius 3 is 1.87 bits per heavy atom. The van der Waals surface area contributed by atoms with Crippen LogP contribution in [-0.4, -0.2) is 47.1 Å². The molecule has 0 radical (unpaired) electrons. The highest BCUT2D eigenvalue weighted by Crippen LogP contribution is 2.37. The molecule has 3 nitrogen and oxygen atoms in total. The summed E-state index contributed by atoms with van der Waals surface area (Å²) in [5, 5.41) is 0.217. The van der Waals surface area contributed by atoms with Gasteiger partial charge in [0.1, 0.15) is 12.4 Å². The lowest BCUT2D eigenvalue weighted by Crippen LogP contribution is -2.40. The molecule has 0 aliphatic carbocycles. The first-order chi connectivity index (χ1) is 18.1. The molecule has 0 aliphatic rings. The molecule has 4 heteroatoms. The van der Waals surface area contributed by atoms with Crippen LogP contribution in [0.2, 0.25) is 18.1 Å². The summed E-state index contributed by atoms with van der Waals surface area (Å²) >= 11 is 0. The molecule has 202 valence electrons. The Kier molecular flexibility index (Phi) is 10.7. The first kappa shape index (κ1) is 29.6. The Balaban J connectivity index is 1.96. The average Bonchev–Trinajstić information content (AvgIpc) is 2.89. The average molecular weight is 528 g/mol. The molecular weight excluding hydrogens is 482 g/mol. The van der Waals surface area contributed by atoms with Gasteiger partial charge in [-0.15, -0.1) is 0 Å². The second-order valence-corrected chi connectivity index (χ2v) is 16.3.